The lowest BCUT2D eigenvalue weighted by molar-refractivity contribution is 0.187. The Labute approximate surface area is 131 Å². The predicted molar refractivity (Wildman–Crippen MR) is 88.5 cm³/mol. The Hall–Kier alpha value is -0.410. The summed E-state index contributed by atoms with van der Waals surface area (Å²) in [7, 11) is 0. The normalized spacial score (nSPS) is 15.4. The summed E-state index contributed by atoms with van der Waals surface area (Å²) >= 11 is 3.54. The smallest absolute Gasteiger partial charge is 0.123 e. The lowest BCUT2D eigenvalue weighted by Gasteiger charge is -2.37. The minimum Gasteiger partial charge on any atom is -0.312 e. The first kappa shape index (κ1) is 17.6. The average Bonchev–Trinajstić information content (AvgIpc) is 2.30. The van der Waals surface area contributed by atoms with Crippen LogP contribution in [-0.2, 0) is 6.42 Å². The molecule has 0 aliphatic carbocycles. The van der Waals surface area contributed by atoms with Gasteiger partial charge in [-0.3, -0.25) is 0 Å². The van der Waals surface area contributed by atoms with Crippen LogP contribution in [0.15, 0.2) is 22.7 Å². The Bertz CT molecular complexity index is 451. The second kappa shape index (κ2) is 6.57. The molecule has 1 atom stereocenters. The molecule has 0 fully saturated rings. The van der Waals surface area contributed by atoms with Crippen LogP contribution in [0.5, 0.6) is 0 Å². The van der Waals surface area contributed by atoms with Crippen LogP contribution in [0.1, 0.15) is 47.1 Å². The van der Waals surface area contributed by atoms with E-state index in [2.05, 4.69) is 62.8 Å². The summed E-state index contributed by atoms with van der Waals surface area (Å²) in [5.74, 6) is 0.339. The molecule has 0 heterocycles. The van der Waals surface area contributed by atoms with E-state index in [0.29, 0.717) is 5.92 Å². The van der Waals surface area contributed by atoms with Crippen LogP contribution in [0, 0.1) is 17.2 Å². The Morgan fingerprint density at radius 2 is 1.80 bits per heavy atom. The van der Waals surface area contributed by atoms with Gasteiger partial charge in [0, 0.05) is 16.6 Å². The highest BCUT2D eigenvalue weighted by atomic mass is 79.9. The summed E-state index contributed by atoms with van der Waals surface area (Å²) in [6.07, 6.45) is 0.853. The van der Waals surface area contributed by atoms with Gasteiger partial charge in [0.2, 0.25) is 0 Å². The zero-order valence-corrected chi connectivity index (χ0v) is 15.1. The van der Waals surface area contributed by atoms with Gasteiger partial charge in [0.05, 0.1) is 0 Å². The lowest BCUT2D eigenvalue weighted by atomic mass is 9.74. The molecule has 114 valence electrons. The molecule has 1 aromatic carbocycles. The number of hydrogen-bond acceptors (Lipinski definition) is 1. The van der Waals surface area contributed by atoms with Crippen LogP contribution in [0.25, 0.3) is 0 Å². The van der Waals surface area contributed by atoms with Gasteiger partial charge in [0.15, 0.2) is 0 Å². The van der Waals surface area contributed by atoms with Crippen molar-refractivity contribution in [1.82, 2.24) is 5.32 Å². The van der Waals surface area contributed by atoms with Gasteiger partial charge < -0.3 is 5.32 Å². The van der Waals surface area contributed by atoms with E-state index in [-0.39, 0.29) is 16.8 Å². The van der Waals surface area contributed by atoms with Crippen LogP contribution in [-0.4, -0.2) is 12.1 Å². The first-order valence-corrected chi connectivity index (χ1v) is 8.02. The summed E-state index contributed by atoms with van der Waals surface area (Å²) in [6, 6.07) is 4.93. The van der Waals surface area contributed by atoms with Crippen LogP contribution in [0.2, 0.25) is 0 Å². The summed E-state index contributed by atoms with van der Waals surface area (Å²) in [5, 5.41) is 3.59. The van der Waals surface area contributed by atoms with Gasteiger partial charge in [-0.15, -0.1) is 0 Å². The van der Waals surface area contributed by atoms with E-state index in [1.165, 1.54) is 6.07 Å². The second-order valence-corrected chi connectivity index (χ2v) is 8.18. The Morgan fingerprint density at radius 3 is 2.30 bits per heavy atom. The Morgan fingerprint density at radius 1 is 1.20 bits per heavy atom. The molecule has 0 radical (unpaired) electrons. The molecule has 1 rings (SSSR count). The van der Waals surface area contributed by atoms with Crippen molar-refractivity contribution in [3.05, 3.63) is 34.1 Å². The van der Waals surface area contributed by atoms with E-state index in [0.717, 1.165) is 23.0 Å². The third kappa shape index (κ3) is 5.17. The zero-order valence-electron chi connectivity index (χ0n) is 13.5. The molecule has 0 saturated heterocycles. The van der Waals surface area contributed by atoms with Crippen molar-refractivity contribution >= 4 is 15.9 Å². The largest absolute Gasteiger partial charge is 0.312 e. The molecule has 1 aromatic rings. The van der Waals surface area contributed by atoms with Crippen molar-refractivity contribution < 1.29 is 4.39 Å². The first-order valence-electron chi connectivity index (χ1n) is 7.22. The fraction of sp³-hybridized carbons (Fsp3) is 0.647. The standard InChI is InChI=1S/C17H27BrFN/c1-12(2)17(6,11-20-16(3,4)5)10-13-9-14(19)7-8-15(13)18/h7-9,12,20H,10-11H2,1-6H3. The van der Waals surface area contributed by atoms with Crippen molar-refractivity contribution in [2.45, 2.75) is 53.5 Å². The van der Waals surface area contributed by atoms with Crippen LogP contribution in [0.3, 0.4) is 0 Å². The van der Waals surface area contributed by atoms with E-state index in [9.17, 15) is 4.39 Å². The van der Waals surface area contributed by atoms with Gasteiger partial charge in [-0.1, -0.05) is 36.7 Å². The fourth-order valence-electron chi connectivity index (χ4n) is 2.05. The highest BCUT2D eigenvalue weighted by Gasteiger charge is 2.30. The van der Waals surface area contributed by atoms with Crippen molar-refractivity contribution in [3.8, 4) is 0 Å². The van der Waals surface area contributed by atoms with Gasteiger partial charge in [0.25, 0.3) is 0 Å². The Balaban J connectivity index is 2.93. The van der Waals surface area contributed by atoms with Crippen molar-refractivity contribution in [2.75, 3.05) is 6.54 Å². The van der Waals surface area contributed by atoms with Gasteiger partial charge in [-0.2, -0.15) is 0 Å². The summed E-state index contributed by atoms with van der Waals surface area (Å²) in [5.41, 5.74) is 1.22. The second-order valence-electron chi connectivity index (χ2n) is 7.32. The van der Waals surface area contributed by atoms with E-state index >= 15 is 0 Å². The minimum atomic E-state index is -0.168. The number of benzene rings is 1. The fourth-order valence-corrected chi connectivity index (χ4v) is 2.44. The third-order valence-electron chi connectivity index (χ3n) is 4.02. The van der Waals surface area contributed by atoms with E-state index in [1.54, 1.807) is 12.1 Å². The zero-order chi connectivity index (χ0) is 15.6. The summed E-state index contributed by atoms with van der Waals surface area (Å²) in [6.45, 7) is 14.2. The molecular formula is C17H27BrFN. The van der Waals surface area contributed by atoms with E-state index in [1.807, 2.05) is 0 Å². The molecule has 0 saturated carbocycles. The van der Waals surface area contributed by atoms with Crippen LogP contribution < -0.4 is 5.32 Å². The molecule has 0 aliphatic heterocycles. The number of hydrogen-bond donors (Lipinski definition) is 1. The first-order chi connectivity index (χ1) is 9.03. The molecule has 1 N–H and O–H groups in total. The molecule has 1 unspecified atom stereocenters. The maximum atomic E-state index is 13.5. The molecule has 0 amide bonds. The predicted octanol–water partition coefficient (Wildman–Crippen LogP) is 5.18. The van der Waals surface area contributed by atoms with Crippen LogP contribution >= 0.6 is 15.9 Å². The van der Waals surface area contributed by atoms with E-state index in [4.69, 9.17) is 0 Å². The maximum absolute atomic E-state index is 13.5. The monoisotopic (exact) mass is 343 g/mol. The SMILES string of the molecule is CC(C)C(C)(CNC(C)(C)C)Cc1cc(F)ccc1Br. The molecule has 0 aromatic heterocycles. The number of rotatable bonds is 5. The topological polar surface area (TPSA) is 12.0 Å². The molecule has 0 bridgehead atoms. The quantitative estimate of drug-likeness (QED) is 0.776. The number of nitrogens with one attached hydrogen (secondary N) is 1. The maximum Gasteiger partial charge on any atom is 0.123 e. The van der Waals surface area contributed by atoms with Crippen molar-refractivity contribution in [1.29, 1.82) is 0 Å². The van der Waals surface area contributed by atoms with Gasteiger partial charge in [0.1, 0.15) is 5.82 Å². The highest BCUT2D eigenvalue weighted by Crippen LogP contribution is 2.34. The van der Waals surface area contributed by atoms with Crippen molar-refractivity contribution in [2.24, 2.45) is 11.3 Å². The molecule has 0 spiro atoms. The molecule has 20 heavy (non-hydrogen) atoms. The van der Waals surface area contributed by atoms with E-state index < -0.39 is 0 Å². The molecular weight excluding hydrogens is 317 g/mol. The summed E-state index contributed by atoms with van der Waals surface area (Å²) < 4.78 is 14.4. The lowest BCUT2D eigenvalue weighted by Crippen LogP contribution is -2.45. The Kier molecular flexibility index (Phi) is 5.79. The molecule has 1 nitrogen and oxygen atoms in total. The number of halogens is 2. The minimum absolute atomic E-state index is 0.0869. The summed E-state index contributed by atoms with van der Waals surface area (Å²) in [4.78, 5) is 0. The van der Waals surface area contributed by atoms with Gasteiger partial charge >= 0.3 is 0 Å². The third-order valence-corrected chi connectivity index (χ3v) is 4.79. The molecule has 3 heteroatoms. The highest BCUT2D eigenvalue weighted by molar-refractivity contribution is 9.10. The average molecular weight is 344 g/mol. The van der Waals surface area contributed by atoms with Crippen LogP contribution in [0.4, 0.5) is 4.39 Å². The molecule has 0 aliphatic rings. The van der Waals surface area contributed by atoms with Gasteiger partial charge in [-0.25, -0.2) is 4.39 Å². The van der Waals surface area contributed by atoms with Crippen molar-refractivity contribution in [3.63, 3.8) is 0 Å². The van der Waals surface area contributed by atoms with Gasteiger partial charge in [-0.05, 0) is 62.3 Å².